The van der Waals surface area contributed by atoms with Gasteiger partial charge in [0.05, 0.1) is 11.4 Å². The van der Waals surface area contributed by atoms with Gasteiger partial charge in [-0.1, -0.05) is 26.8 Å². The van der Waals surface area contributed by atoms with Crippen LogP contribution in [0.25, 0.3) is 0 Å². The van der Waals surface area contributed by atoms with Gasteiger partial charge in [-0.25, -0.2) is 0 Å². The molecule has 0 aliphatic rings. The first kappa shape index (κ1) is 13.9. The molecule has 0 spiro atoms. The summed E-state index contributed by atoms with van der Waals surface area (Å²) in [5, 5.41) is 0. The molecule has 2 N–H and O–H groups in total. The zero-order valence-corrected chi connectivity index (χ0v) is 10.7. The molecule has 1 unspecified atom stereocenters. The molecule has 0 aliphatic carbocycles. The molecule has 0 radical (unpaired) electrons. The summed E-state index contributed by atoms with van der Waals surface area (Å²) in [6.45, 7) is 10.4. The molecule has 0 amide bonds. The zero-order valence-electron chi connectivity index (χ0n) is 10.7. The number of nitrogens with two attached hydrogens (primary N) is 1. The molecule has 0 aromatic heterocycles. The number of nitrogens with zero attached hydrogens (tertiary/aromatic N) is 1. The Hall–Kier alpha value is -1.05. The lowest BCUT2D eigenvalue weighted by atomic mass is 10.1. The Morgan fingerprint density at radius 1 is 1.40 bits per heavy atom. The van der Waals surface area contributed by atoms with E-state index in [1.807, 2.05) is 19.2 Å². The van der Waals surface area contributed by atoms with Crippen LogP contribution in [0, 0.1) is 5.92 Å². The van der Waals surface area contributed by atoms with E-state index in [0.29, 0.717) is 5.92 Å². The number of aliphatic imine (C=N–C) groups is 1. The monoisotopic (exact) mass is 208 g/mol. The van der Waals surface area contributed by atoms with Crippen LogP contribution in [0.4, 0.5) is 0 Å². The number of rotatable bonds is 5. The summed E-state index contributed by atoms with van der Waals surface area (Å²) < 4.78 is 0. The Morgan fingerprint density at radius 3 is 2.40 bits per heavy atom. The fraction of sp³-hybridized carbons (Fsp3) is 0.615. The molecule has 0 aromatic carbocycles. The molecule has 0 saturated heterocycles. The molecule has 1 atom stereocenters. The van der Waals surface area contributed by atoms with Gasteiger partial charge in [0.15, 0.2) is 0 Å². The van der Waals surface area contributed by atoms with Crippen molar-refractivity contribution in [3.8, 4) is 0 Å². The zero-order chi connectivity index (χ0) is 11.8. The third-order valence-corrected chi connectivity index (χ3v) is 2.65. The van der Waals surface area contributed by atoms with E-state index in [9.17, 15) is 0 Å². The van der Waals surface area contributed by atoms with Crippen molar-refractivity contribution in [1.82, 2.24) is 0 Å². The molecular formula is C13H24N2. The highest BCUT2D eigenvalue weighted by Gasteiger charge is 2.01. The molecular weight excluding hydrogens is 184 g/mol. The maximum Gasteiger partial charge on any atom is 0.0811 e. The Balaban J connectivity index is 4.75. The van der Waals surface area contributed by atoms with Crippen molar-refractivity contribution >= 4 is 6.21 Å². The first-order chi connectivity index (χ1) is 7.06. The van der Waals surface area contributed by atoms with Crippen molar-refractivity contribution in [2.24, 2.45) is 16.6 Å². The lowest BCUT2D eigenvalue weighted by Crippen LogP contribution is -2.04. The highest BCUT2D eigenvalue weighted by molar-refractivity contribution is 5.62. The topological polar surface area (TPSA) is 38.4 Å². The predicted octanol–water partition coefficient (Wildman–Crippen LogP) is 3.65. The standard InChI is InChI=1S/C13H24N2/c1-6-10(4)9-15-12(8-3)13(14)11(5)7-2/h8-10H,6-7,14H2,1-5H3/b12-8-,13-11-,15-9?. The van der Waals surface area contributed by atoms with Gasteiger partial charge < -0.3 is 5.73 Å². The normalized spacial score (nSPS) is 16.7. The van der Waals surface area contributed by atoms with E-state index in [0.717, 1.165) is 24.2 Å². The molecule has 2 nitrogen and oxygen atoms in total. The van der Waals surface area contributed by atoms with Crippen molar-refractivity contribution in [3.05, 3.63) is 23.0 Å². The number of allylic oxidation sites excluding steroid dienone is 2. The SMILES string of the molecule is C/C=C(N=CC(C)CC)/C(N)=C(\C)CC. The Labute approximate surface area is 94.0 Å². The van der Waals surface area contributed by atoms with Crippen LogP contribution in [-0.4, -0.2) is 6.21 Å². The quantitative estimate of drug-likeness (QED) is 0.543. The van der Waals surface area contributed by atoms with Crippen LogP contribution >= 0.6 is 0 Å². The third kappa shape index (κ3) is 4.82. The first-order valence-corrected chi connectivity index (χ1v) is 5.72. The van der Waals surface area contributed by atoms with Crippen LogP contribution in [-0.2, 0) is 0 Å². The number of hydrogen-bond acceptors (Lipinski definition) is 2. The van der Waals surface area contributed by atoms with E-state index in [4.69, 9.17) is 5.73 Å². The van der Waals surface area contributed by atoms with E-state index in [1.54, 1.807) is 0 Å². The second kappa shape index (κ2) is 7.27. The van der Waals surface area contributed by atoms with E-state index in [2.05, 4.69) is 32.7 Å². The van der Waals surface area contributed by atoms with Gasteiger partial charge in [0, 0.05) is 6.21 Å². The van der Waals surface area contributed by atoms with Crippen molar-refractivity contribution in [2.75, 3.05) is 0 Å². The van der Waals surface area contributed by atoms with Gasteiger partial charge in [0.1, 0.15) is 0 Å². The lowest BCUT2D eigenvalue weighted by molar-refractivity contribution is 0.753. The molecule has 0 saturated carbocycles. The Kier molecular flexibility index (Phi) is 6.76. The number of hydrogen-bond donors (Lipinski definition) is 1. The van der Waals surface area contributed by atoms with Gasteiger partial charge in [0.2, 0.25) is 0 Å². The summed E-state index contributed by atoms with van der Waals surface area (Å²) in [6.07, 6.45) is 6.03. The summed E-state index contributed by atoms with van der Waals surface area (Å²) in [5.41, 5.74) is 8.92. The van der Waals surface area contributed by atoms with Crippen molar-refractivity contribution < 1.29 is 0 Å². The minimum absolute atomic E-state index is 0.509. The lowest BCUT2D eigenvalue weighted by Gasteiger charge is -2.07. The van der Waals surface area contributed by atoms with Crippen LogP contribution < -0.4 is 5.73 Å². The van der Waals surface area contributed by atoms with Gasteiger partial charge in [-0.15, -0.1) is 0 Å². The molecule has 15 heavy (non-hydrogen) atoms. The molecule has 0 aliphatic heterocycles. The molecule has 0 bridgehead atoms. The molecule has 0 aromatic rings. The minimum Gasteiger partial charge on any atom is -0.397 e. The fourth-order valence-corrected chi connectivity index (χ4v) is 1.02. The van der Waals surface area contributed by atoms with Gasteiger partial charge >= 0.3 is 0 Å². The smallest absolute Gasteiger partial charge is 0.0811 e. The van der Waals surface area contributed by atoms with Crippen LogP contribution in [0.5, 0.6) is 0 Å². The fourth-order valence-electron chi connectivity index (χ4n) is 1.02. The molecule has 0 rings (SSSR count). The second-order valence-electron chi connectivity index (χ2n) is 3.89. The van der Waals surface area contributed by atoms with Crippen molar-refractivity contribution in [3.63, 3.8) is 0 Å². The van der Waals surface area contributed by atoms with Crippen molar-refractivity contribution in [2.45, 2.75) is 47.5 Å². The Bertz CT molecular complexity index is 272. The third-order valence-electron chi connectivity index (χ3n) is 2.65. The van der Waals surface area contributed by atoms with Crippen LogP contribution in [0.2, 0.25) is 0 Å². The largest absolute Gasteiger partial charge is 0.397 e. The van der Waals surface area contributed by atoms with E-state index >= 15 is 0 Å². The molecule has 86 valence electrons. The maximum atomic E-state index is 6.01. The minimum atomic E-state index is 0.509. The van der Waals surface area contributed by atoms with Crippen molar-refractivity contribution in [1.29, 1.82) is 0 Å². The molecule has 0 heterocycles. The summed E-state index contributed by atoms with van der Waals surface area (Å²) in [7, 11) is 0. The predicted molar refractivity (Wildman–Crippen MR) is 68.9 cm³/mol. The highest BCUT2D eigenvalue weighted by Crippen LogP contribution is 2.13. The van der Waals surface area contributed by atoms with E-state index in [-0.39, 0.29) is 0 Å². The molecule has 2 heteroatoms. The Morgan fingerprint density at radius 2 is 2.00 bits per heavy atom. The van der Waals surface area contributed by atoms with E-state index in [1.165, 1.54) is 5.57 Å². The van der Waals surface area contributed by atoms with Gasteiger partial charge in [0.25, 0.3) is 0 Å². The maximum absolute atomic E-state index is 6.01. The van der Waals surface area contributed by atoms with Gasteiger partial charge in [-0.3, -0.25) is 4.99 Å². The van der Waals surface area contributed by atoms with Gasteiger partial charge in [-0.2, -0.15) is 0 Å². The highest BCUT2D eigenvalue weighted by atomic mass is 14.8. The van der Waals surface area contributed by atoms with Gasteiger partial charge in [-0.05, 0) is 38.2 Å². The molecule has 0 fully saturated rings. The summed E-state index contributed by atoms with van der Waals surface area (Å²) >= 11 is 0. The summed E-state index contributed by atoms with van der Waals surface area (Å²) in [6, 6.07) is 0. The van der Waals surface area contributed by atoms with E-state index < -0.39 is 0 Å². The summed E-state index contributed by atoms with van der Waals surface area (Å²) in [4.78, 5) is 4.44. The van der Waals surface area contributed by atoms with Crippen LogP contribution in [0.15, 0.2) is 28.0 Å². The first-order valence-electron chi connectivity index (χ1n) is 5.72. The average Bonchev–Trinajstić information content (AvgIpc) is 2.27. The van der Waals surface area contributed by atoms with Crippen LogP contribution in [0.3, 0.4) is 0 Å². The second-order valence-corrected chi connectivity index (χ2v) is 3.89. The average molecular weight is 208 g/mol. The summed E-state index contributed by atoms with van der Waals surface area (Å²) in [5.74, 6) is 0.509. The van der Waals surface area contributed by atoms with Crippen LogP contribution in [0.1, 0.15) is 47.5 Å².